The zero-order valence-electron chi connectivity index (χ0n) is 11.4. The Morgan fingerprint density at radius 3 is 2.43 bits per heavy atom. The molecule has 1 aliphatic heterocycles. The number of primary amides is 1. The Morgan fingerprint density at radius 1 is 1.10 bits per heavy atom. The fourth-order valence-electron chi connectivity index (χ4n) is 2.25. The molecule has 0 spiro atoms. The van der Waals surface area contributed by atoms with Crippen LogP contribution in [-0.4, -0.2) is 27.9 Å². The average molecular weight is 316 g/mol. The van der Waals surface area contributed by atoms with Crippen molar-refractivity contribution in [1.82, 2.24) is 4.31 Å². The highest BCUT2D eigenvalue weighted by Gasteiger charge is 2.30. The third kappa shape index (κ3) is 3.43. The van der Waals surface area contributed by atoms with E-state index in [0.717, 1.165) is 17.2 Å². The molecular formula is C16H16N2OS2. The molecule has 3 rings (SSSR count). The molecule has 1 fully saturated rings. The maximum absolute atomic E-state index is 11.4. The van der Waals surface area contributed by atoms with Crippen molar-refractivity contribution >= 4 is 29.6 Å². The third-order valence-corrected chi connectivity index (χ3v) is 5.74. The molecule has 2 N–H and O–H groups in total. The van der Waals surface area contributed by atoms with Gasteiger partial charge in [0.15, 0.2) is 0 Å². The Morgan fingerprint density at radius 2 is 1.76 bits per heavy atom. The van der Waals surface area contributed by atoms with E-state index in [0.29, 0.717) is 0 Å². The van der Waals surface area contributed by atoms with Crippen LogP contribution in [0.3, 0.4) is 0 Å². The zero-order chi connectivity index (χ0) is 14.7. The molecule has 2 aromatic carbocycles. The molecule has 2 aromatic rings. The predicted octanol–water partition coefficient (Wildman–Crippen LogP) is 3.22. The lowest BCUT2D eigenvalue weighted by atomic mass is 10.1. The van der Waals surface area contributed by atoms with Gasteiger partial charge < -0.3 is 5.73 Å². The van der Waals surface area contributed by atoms with Crippen LogP contribution in [0.1, 0.15) is 0 Å². The highest BCUT2D eigenvalue weighted by atomic mass is 32.2. The average Bonchev–Trinajstić information content (AvgIpc) is 2.97. The molecule has 108 valence electrons. The standard InChI is InChI=1S/C16H16N2OS2/c17-15(19)16-18(10-11-20-16)21-14-8-6-13(7-9-14)12-4-2-1-3-5-12/h1-9,16H,10-11H2,(H2,17,19)/t16-/m0/s1. The van der Waals surface area contributed by atoms with Gasteiger partial charge in [0.05, 0.1) is 0 Å². The highest BCUT2D eigenvalue weighted by molar-refractivity contribution is 8.03. The van der Waals surface area contributed by atoms with E-state index in [1.807, 2.05) is 18.2 Å². The molecule has 1 heterocycles. The van der Waals surface area contributed by atoms with Crippen molar-refractivity contribution in [2.45, 2.75) is 10.3 Å². The van der Waals surface area contributed by atoms with Gasteiger partial charge in [0, 0.05) is 17.2 Å². The second-order valence-corrected chi connectivity index (χ2v) is 7.06. The number of thioether (sulfide) groups is 1. The minimum absolute atomic E-state index is 0.219. The Bertz CT molecular complexity index is 616. The molecule has 0 unspecified atom stereocenters. The molecule has 0 aliphatic carbocycles. The number of carbonyl (C=O) groups is 1. The second kappa shape index (κ2) is 6.56. The van der Waals surface area contributed by atoms with E-state index in [9.17, 15) is 4.79 Å². The zero-order valence-corrected chi connectivity index (χ0v) is 13.1. The summed E-state index contributed by atoms with van der Waals surface area (Å²) in [5.74, 6) is 0.689. The first-order valence-corrected chi connectivity index (χ1v) is 8.57. The number of benzene rings is 2. The van der Waals surface area contributed by atoms with Gasteiger partial charge in [-0.1, -0.05) is 42.5 Å². The Labute approximate surface area is 133 Å². The van der Waals surface area contributed by atoms with Crippen molar-refractivity contribution in [3.8, 4) is 11.1 Å². The first-order chi connectivity index (χ1) is 10.2. The molecule has 0 saturated carbocycles. The summed E-state index contributed by atoms with van der Waals surface area (Å²) < 4.78 is 2.06. The fourth-order valence-corrected chi connectivity index (χ4v) is 4.55. The SMILES string of the molecule is NC(=O)[C@@H]1SCCN1Sc1ccc(-c2ccccc2)cc1. The number of nitrogens with two attached hydrogens (primary N) is 1. The summed E-state index contributed by atoms with van der Waals surface area (Å²) in [5, 5.41) is -0.219. The molecule has 0 bridgehead atoms. The van der Waals surface area contributed by atoms with Gasteiger partial charge in [-0.3, -0.25) is 4.79 Å². The first-order valence-electron chi connectivity index (χ1n) is 6.75. The lowest BCUT2D eigenvalue weighted by molar-refractivity contribution is -0.118. The molecular weight excluding hydrogens is 300 g/mol. The minimum Gasteiger partial charge on any atom is -0.368 e. The third-order valence-electron chi connectivity index (χ3n) is 3.28. The van der Waals surface area contributed by atoms with E-state index < -0.39 is 0 Å². The molecule has 21 heavy (non-hydrogen) atoms. The van der Waals surface area contributed by atoms with Crippen LogP contribution < -0.4 is 5.73 Å². The molecule has 3 nitrogen and oxygen atoms in total. The highest BCUT2D eigenvalue weighted by Crippen LogP contribution is 2.34. The normalized spacial score (nSPS) is 18.8. The Hall–Kier alpha value is -1.43. The fraction of sp³-hybridized carbons (Fsp3) is 0.188. The van der Waals surface area contributed by atoms with Crippen LogP contribution in [0, 0.1) is 0 Å². The Kier molecular flexibility index (Phi) is 4.53. The van der Waals surface area contributed by atoms with Gasteiger partial charge in [-0.2, -0.15) is 0 Å². The summed E-state index contributed by atoms with van der Waals surface area (Å²) >= 11 is 3.21. The monoisotopic (exact) mass is 316 g/mol. The number of carbonyl (C=O) groups excluding carboxylic acids is 1. The van der Waals surface area contributed by atoms with Gasteiger partial charge in [0.2, 0.25) is 5.91 Å². The summed E-state index contributed by atoms with van der Waals surface area (Å²) in [6, 6.07) is 18.7. The van der Waals surface area contributed by atoms with Crippen LogP contribution in [0.15, 0.2) is 59.5 Å². The topological polar surface area (TPSA) is 46.3 Å². The van der Waals surface area contributed by atoms with Crippen LogP contribution >= 0.6 is 23.7 Å². The minimum atomic E-state index is -0.258. The van der Waals surface area contributed by atoms with Crippen LogP contribution in [0.4, 0.5) is 0 Å². The molecule has 1 aliphatic rings. The quantitative estimate of drug-likeness (QED) is 0.880. The first kappa shape index (κ1) is 14.5. The van der Waals surface area contributed by atoms with Crippen molar-refractivity contribution in [3.63, 3.8) is 0 Å². The van der Waals surface area contributed by atoms with Gasteiger partial charge in [-0.05, 0) is 35.2 Å². The summed E-state index contributed by atoms with van der Waals surface area (Å²) in [7, 11) is 0. The van der Waals surface area contributed by atoms with Gasteiger partial charge in [0.1, 0.15) is 5.37 Å². The molecule has 0 radical (unpaired) electrons. The second-order valence-electron chi connectivity index (χ2n) is 4.75. The van der Waals surface area contributed by atoms with Crippen molar-refractivity contribution in [2.24, 2.45) is 5.73 Å². The van der Waals surface area contributed by atoms with E-state index in [1.165, 1.54) is 11.1 Å². The van der Waals surface area contributed by atoms with Crippen LogP contribution in [0.5, 0.6) is 0 Å². The van der Waals surface area contributed by atoms with E-state index in [-0.39, 0.29) is 11.3 Å². The van der Waals surface area contributed by atoms with Gasteiger partial charge >= 0.3 is 0 Å². The van der Waals surface area contributed by atoms with E-state index >= 15 is 0 Å². The molecule has 0 aromatic heterocycles. The predicted molar refractivity (Wildman–Crippen MR) is 89.9 cm³/mol. The summed E-state index contributed by atoms with van der Waals surface area (Å²) in [4.78, 5) is 12.5. The summed E-state index contributed by atoms with van der Waals surface area (Å²) in [5.41, 5.74) is 7.83. The van der Waals surface area contributed by atoms with Crippen LogP contribution in [0.25, 0.3) is 11.1 Å². The smallest absolute Gasteiger partial charge is 0.246 e. The van der Waals surface area contributed by atoms with Crippen molar-refractivity contribution in [3.05, 3.63) is 54.6 Å². The molecule has 5 heteroatoms. The number of rotatable bonds is 4. The van der Waals surface area contributed by atoms with Crippen molar-refractivity contribution < 1.29 is 4.79 Å². The number of hydrogen-bond donors (Lipinski definition) is 1. The molecule has 1 saturated heterocycles. The van der Waals surface area contributed by atoms with Crippen molar-refractivity contribution in [1.29, 1.82) is 0 Å². The lowest BCUT2D eigenvalue weighted by Gasteiger charge is -2.19. The van der Waals surface area contributed by atoms with Crippen LogP contribution in [0.2, 0.25) is 0 Å². The lowest BCUT2D eigenvalue weighted by Crippen LogP contribution is -2.34. The summed E-state index contributed by atoms with van der Waals surface area (Å²) in [6.45, 7) is 0.878. The van der Waals surface area contributed by atoms with Crippen molar-refractivity contribution in [2.75, 3.05) is 12.3 Å². The van der Waals surface area contributed by atoms with Gasteiger partial charge in [0.25, 0.3) is 0 Å². The maximum Gasteiger partial charge on any atom is 0.246 e. The number of amides is 1. The molecule has 1 atom stereocenters. The molecule has 1 amide bonds. The van der Waals surface area contributed by atoms with Crippen LogP contribution in [-0.2, 0) is 4.79 Å². The number of hydrogen-bond acceptors (Lipinski definition) is 4. The summed E-state index contributed by atoms with van der Waals surface area (Å²) in [6.07, 6.45) is 0. The van der Waals surface area contributed by atoms with E-state index in [1.54, 1.807) is 23.7 Å². The number of nitrogens with zero attached hydrogens (tertiary/aromatic N) is 1. The van der Waals surface area contributed by atoms with E-state index in [2.05, 4.69) is 40.7 Å². The largest absolute Gasteiger partial charge is 0.368 e. The maximum atomic E-state index is 11.4. The Balaban J connectivity index is 1.72. The van der Waals surface area contributed by atoms with E-state index in [4.69, 9.17) is 5.73 Å². The van der Waals surface area contributed by atoms with Gasteiger partial charge in [-0.15, -0.1) is 11.8 Å². The van der Waals surface area contributed by atoms with Gasteiger partial charge in [-0.25, -0.2) is 4.31 Å².